The lowest BCUT2D eigenvalue weighted by Crippen LogP contribution is -2.55. The molecule has 3 N–H and O–H groups in total. The smallest absolute Gasteiger partial charge is 0.257 e. The van der Waals surface area contributed by atoms with E-state index in [0.29, 0.717) is 57.4 Å². The fraction of sp³-hybridized carbons (Fsp3) is 0.518. The minimum Gasteiger partial charge on any atom is -0.388 e. The molecular weight excluding hydrogens is 931 g/mol. The molecule has 15 nitrogen and oxygen atoms in total. The van der Waals surface area contributed by atoms with E-state index in [1.165, 1.54) is 12.1 Å². The summed E-state index contributed by atoms with van der Waals surface area (Å²) in [5.74, 6) is -1.47. The molecular formula is C56H70F2N10O5. The number of benzene rings is 2. The molecule has 0 aliphatic carbocycles. The Balaban J connectivity index is 0.701. The molecule has 4 amide bonds. The number of piperazine rings is 1. The van der Waals surface area contributed by atoms with Crippen LogP contribution in [0.4, 0.5) is 26.0 Å². The van der Waals surface area contributed by atoms with E-state index in [9.17, 15) is 24.0 Å². The van der Waals surface area contributed by atoms with Crippen LogP contribution in [-0.2, 0) is 33.4 Å². The second kappa shape index (κ2) is 19.9. The summed E-state index contributed by atoms with van der Waals surface area (Å²) in [5, 5.41) is 9.00. The Bertz CT molecular complexity index is 2910. The average molecular weight is 1000 g/mol. The van der Waals surface area contributed by atoms with Crippen LogP contribution >= 0.6 is 0 Å². The molecule has 2 unspecified atom stereocenters. The fourth-order valence-corrected chi connectivity index (χ4v) is 12.6. The number of halogens is 2. The van der Waals surface area contributed by atoms with Crippen molar-refractivity contribution in [2.45, 2.75) is 115 Å². The van der Waals surface area contributed by atoms with E-state index in [1.807, 2.05) is 39.1 Å². The summed E-state index contributed by atoms with van der Waals surface area (Å²) >= 11 is 0. The van der Waals surface area contributed by atoms with Gasteiger partial charge in [0, 0.05) is 130 Å². The van der Waals surface area contributed by atoms with Gasteiger partial charge in [0.25, 0.3) is 11.5 Å². The van der Waals surface area contributed by atoms with E-state index in [-0.39, 0.29) is 58.8 Å². The number of carbonyl (C=O) groups excluding carboxylic acids is 4. The van der Waals surface area contributed by atoms with E-state index in [0.717, 1.165) is 90.8 Å². The summed E-state index contributed by atoms with van der Waals surface area (Å²) in [6, 6.07) is 13.8. The van der Waals surface area contributed by atoms with Gasteiger partial charge in [0.1, 0.15) is 23.5 Å². The molecule has 0 saturated carbocycles. The Morgan fingerprint density at radius 1 is 0.890 bits per heavy atom. The quantitative estimate of drug-likeness (QED) is 0.140. The van der Waals surface area contributed by atoms with Crippen molar-refractivity contribution in [2.75, 3.05) is 74.9 Å². The van der Waals surface area contributed by atoms with Crippen LogP contribution in [0.5, 0.6) is 0 Å². The second-order valence-electron chi connectivity index (χ2n) is 22.0. The maximum Gasteiger partial charge on any atom is 0.257 e. The number of piperidine rings is 3. The first-order valence-corrected chi connectivity index (χ1v) is 26.3. The van der Waals surface area contributed by atoms with Crippen LogP contribution in [0, 0.1) is 17.6 Å². The van der Waals surface area contributed by atoms with Crippen LogP contribution in [0.25, 0.3) is 5.70 Å². The lowest BCUT2D eigenvalue weighted by molar-refractivity contribution is -0.136. The molecule has 0 radical (unpaired) electrons. The summed E-state index contributed by atoms with van der Waals surface area (Å²) in [5.41, 5.74) is 5.57. The van der Waals surface area contributed by atoms with Crippen molar-refractivity contribution in [3.05, 3.63) is 116 Å². The number of amides is 4. The highest BCUT2D eigenvalue weighted by Gasteiger charge is 2.49. The number of rotatable bonds is 11. The molecule has 73 heavy (non-hydrogen) atoms. The van der Waals surface area contributed by atoms with Crippen molar-refractivity contribution >= 4 is 46.5 Å². The number of hydrogen-bond donors (Lipinski definition) is 3. The molecule has 0 bridgehead atoms. The van der Waals surface area contributed by atoms with Gasteiger partial charge in [-0.2, -0.15) is 0 Å². The Labute approximate surface area is 426 Å². The Morgan fingerprint density at radius 2 is 1.62 bits per heavy atom. The van der Waals surface area contributed by atoms with Gasteiger partial charge in [0.2, 0.25) is 17.7 Å². The van der Waals surface area contributed by atoms with Crippen LogP contribution in [0.1, 0.15) is 123 Å². The summed E-state index contributed by atoms with van der Waals surface area (Å²) in [6.07, 6.45) is 7.18. The minimum atomic E-state index is -0.796. The number of anilines is 3. The number of hydrogen-bond acceptors (Lipinski definition) is 10. The van der Waals surface area contributed by atoms with Crippen molar-refractivity contribution in [2.24, 2.45) is 13.0 Å². The van der Waals surface area contributed by atoms with E-state index in [4.69, 9.17) is 0 Å². The third-order valence-corrected chi connectivity index (χ3v) is 16.9. The van der Waals surface area contributed by atoms with Crippen LogP contribution in [0.3, 0.4) is 0 Å². The first kappa shape index (κ1) is 50.4. The Morgan fingerprint density at radius 3 is 2.29 bits per heavy atom. The lowest BCUT2D eigenvalue weighted by Gasteiger charge is -2.42. The van der Waals surface area contributed by atoms with E-state index < -0.39 is 29.0 Å². The van der Waals surface area contributed by atoms with Gasteiger partial charge in [0.05, 0.1) is 11.1 Å². The van der Waals surface area contributed by atoms with Crippen LogP contribution < -0.4 is 26.4 Å². The Hall–Kier alpha value is -6.17. The maximum absolute atomic E-state index is 16.0. The molecule has 6 aliphatic rings. The van der Waals surface area contributed by atoms with Gasteiger partial charge in [-0.3, -0.25) is 53.5 Å². The molecule has 0 spiro atoms. The summed E-state index contributed by atoms with van der Waals surface area (Å²) in [6.45, 7) is 17.0. The van der Waals surface area contributed by atoms with Crippen LogP contribution in [0.15, 0.2) is 65.6 Å². The maximum atomic E-state index is 16.0. The van der Waals surface area contributed by atoms with Gasteiger partial charge in [-0.05, 0) is 139 Å². The molecule has 2 aromatic carbocycles. The van der Waals surface area contributed by atoms with Crippen molar-refractivity contribution < 1.29 is 28.0 Å². The number of fused-ring (bicyclic) bond motifs is 2. The fourth-order valence-electron chi connectivity index (χ4n) is 12.6. The number of nitrogens with zero attached hydrogens (tertiary/aromatic N) is 7. The monoisotopic (exact) mass is 1000 g/mol. The standard InChI is InChI=1S/C56H70F2N10O5/c1-33-24-48(67-21-16-40(59-6)28-50(67)70)41-29-47(62(7)52(41)60-33)35(3)64-19-14-38(15-20-64)51-43(57)26-39(27-44(51)58)54(72)65-17-12-36(13-18-65)32-66-23-22-63(30-34(66)2)31-37-8-9-45-42(25-37)56(4,5)55(73)68(45)46-10-11-49(69)61-53(46)71/h8-9,16,21,24-29,33-36,38,46,59-60H,10-15,17-20,22-23,30-32H2,1-7H3,(H,61,69,71)/t33?,34?,35-,46+/m0/s1. The first-order valence-electron chi connectivity index (χ1n) is 26.3. The highest BCUT2D eigenvalue weighted by molar-refractivity contribution is 6.13. The lowest BCUT2D eigenvalue weighted by atomic mass is 9.85. The number of imide groups is 1. The molecule has 388 valence electrons. The molecule has 4 aromatic rings. The van der Waals surface area contributed by atoms with E-state index in [2.05, 4.69) is 74.2 Å². The third kappa shape index (κ3) is 9.52. The molecule has 10 rings (SSSR count). The van der Waals surface area contributed by atoms with E-state index >= 15 is 8.78 Å². The van der Waals surface area contributed by atoms with Gasteiger partial charge >= 0.3 is 0 Å². The molecule has 8 heterocycles. The minimum absolute atomic E-state index is 0.00511. The highest BCUT2D eigenvalue weighted by Crippen LogP contribution is 2.45. The second-order valence-corrected chi connectivity index (χ2v) is 22.0. The van der Waals surface area contributed by atoms with Crippen molar-refractivity contribution in [3.63, 3.8) is 0 Å². The molecule has 17 heteroatoms. The first-order chi connectivity index (χ1) is 34.9. The van der Waals surface area contributed by atoms with Crippen molar-refractivity contribution in [1.82, 2.24) is 34.1 Å². The number of likely N-dealkylation sites (tertiary alicyclic amines) is 2. The predicted molar refractivity (Wildman–Crippen MR) is 279 cm³/mol. The number of carbonyl (C=O) groups is 4. The Kier molecular flexibility index (Phi) is 13.7. The average Bonchev–Trinajstić information content (AvgIpc) is 3.79. The SMILES string of the molecule is CNc1ccn(C2=CC(C)Nc3c2cc([C@H](C)N2CCC(c4c(F)cc(C(=O)N5CCC(CN6CCN(Cc7ccc8c(c7)C(C)(C)C(=O)N8[C@@H]7CCC(=O)NC7=O)CC6C)CC5)cc4F)CC2)n3C)c(=O)c1. The summed E-state index contributed by atoms with van der Waals surface area (Å²) < 4.78 is 35.8. The molecule has 2 aromatic heterocycles. The predicted octanol–water partition coefficient (Wildman–Crippen LogP) is 6.64. The topological polar surface area (TPSA) is 148 Å². The molecule has 4 atom stereocenters. The zero-order valence-electron chi connectivity index (χ0n) is 43.3. The van der Waals surface area contributed by atoms with Crippen LogP contribution in [0.2, 0.25) is 0 Å². The molecule has 4 saturated heterocycles. The van der Waals surface area contributed by atoms with E-state index in [1.54, 1.807) is 33.7 Å². The third-order valence-electron chi connectivity index (χ3n) is 16.9. The zero-order chi connectivity index (χ0) is 51.6. The summed E-state index contributed by atoms with van der Waals surface area (Å²) in [4.78, 5) is 75.8. The number of aromatic nitrogens is 2. The van der Waals surface area contributed by atoms with Gasteiger partial charge in [-0.25, -0.2) is 8.78 Å². The highest BCUT2D eigenvalue weighted by atomic mass is 19.1. The van der Waals surface area contributed by atoms with Crippen LogP contribution in [-0.4, -0.2) is 130 Å². The van der Waals surface area contributed by atoms with Crippen molar-refractivity contribution in [1.29, 1.82) is 0 Å². The van der Waals surface area contributed by atoms with Gasteiger partial charge in [-0.1, -0.05) is 12.1 Å². The largest absolute Gasteiger partial charge is 0.388 e. The molecule has 4 fully saturated rings. The normalized spacial score (nSPS) is 23.7. The number of pyridine rings is 1. The summed E-state index contributed by atoms with van der Waals surface area (Å²) in [7, 11) is 3.82. The van der Waals surface area contributed by atoms with Gasteiger partial charge < -0.3 is 20.1 Å². The zero-order valence-corrected chi connectivity index (χ0v) is 43.3. The van der Waals surface area contributed by atoms with Gasteiger partial charge in [0.15, 0.2) is 0 Å². The number of nitrogens with one attached hydrogen (secondary N) is 3. The van der Waals surface area contributed by atoms with Gasteiger partial charge in [-0.15, -0.1) is 0 Å². The van der Waals surface area contributed by atoms with Crippen molar-refractivity contribution in [3.8, 4) is 0 Å². The molecule has 6 aliphatic heterocycles.